The van der Waals surface area contributed by atoms with Crippen molar-refractivity contribution < 1.29 is 17.7 Å². The van der Waals surface area contributed by atoms with Crippen molar-refractivity contribution in [3.05, 3.63) is 11.7 Å². The van der Waals surface area contributed by atoms with Crippen molar-refractivity contribution in [2.24, 2.45) is 5.92 Å². The molecular weight excluding hydrogens is 271 g/mol. The Morgan fingerprint density at radius 2 is 2.00 bits per heavy atom. The minimum absolute atomic E-state index is 0.0706. The largest absolute Gasteiger partial charge is 0.391 e. The van der Waals surface area contributed by atoms with Gasteiger partial charge in [0.2, 0.25) is 5.89 Å². The van der Waals surface area contributed by atoms with Crippen LogP contribution in [-0.2, 0) is 6.54 Å². The molecule has 2 fully saturated rings. The van der Waals surface area contributed by atoms with E-state index in [-0.39, 0.29) is 18.8 Å². The molecule has 2 saturated carbocycles. The molecule has 2 aliphatic carbocycles. The van der Waals surface area contributed by atoms with Crippen LogP contribution < -0.4 is 5.32 Å². The van der Waals surface area contributed by atoms with E-state index in [1.54, 1.807) is 0 Å². The van der Waals surface area contributed by atoms with Gasteiger partial charge >= 0.3 is 6.18 Å². The van der Waals surface area contributed by atoms with Crippen LogP contribution >= 0.6 is 0 Å². The molecule has 2 atom stereocenters. The maximum atomic E-state index is 12.8. The van der Waals surface area contributed by atoms with Gasteiger partial charge in [-0.25, -0.2) is 0 Å². The van der Waals surface area contributed by atoms with E-state index < -0.39 is 12.1 Å². The first kappa shape index (κ1) is 13.9. The highest BCUT2D eigenvalue weighted by molar-refractivity contribution is 4.98. The number of halogens is 3. The van der Waals surface area contributed by atoms with Crippen molar-refractivity contribution in [2.45, 2.75) is 63.2 Å². The van der Waals surface area contributed by atoms with Gasteiger partial charge in [0.05, 0.1) is 12.5 Å². The average Bonchev–Trinajstić information content (AvgIpc) is 3.12. The second kappa shape index (κ2) is 5.35. The van der Waals surface area contributed by atoms with Gasteiger partial charge in [-0.2, -0.15) is 18.2 Å². The summed E-state index contributed by atoms with van der Waals surface area (Å²) in [5.74, 6) is -0.577. The molecule has 1 heterocycles. The molecular formula is C13H18F3N3O. The fourth-order valence-corrected chi connectivity index (χ4v) is 2.74. The fraction of sp³-hybridized carbons (Fsp3) is 0.846. The number of nitrogens with one attached hydrogen (secondary N) is 1. The summed E-state index contributed by atoms with van der Waals surface area (Å²) in [7, 11) is 0. The van der Waals surface area contributed by atoms with Crippen molar-refractivity contribution in [3.63, 3.8) is 0 Å². The van der Waals surface area contributed by atoms with Crippen molar-refractivity contribution in [1.82, 2.24) is 15.5 Å². The van der Waals surface area contributed by atoms with E-state index in [4.69, 9.17) is 4.52 Å². The molecule has 112 valence electrons. The highest BCUT2D eigenvalue weighted by Gasteiger charge is 2.43. The van der Waals surface area contributed by atoms with Gasteiger partial charge in [-0.15, -0.1) is 0 Å². The zero-order valence-electron chi connectivity index (χ0n) is 11.1. The number of hydrogen-bond donors (Lipinski definition) is 1. The molecule has 0 aromatic carbocycles. The molecule has 2 unspecified atom stereocenters. The third-order valence-corrected chi connectivity index (χ3v) is 4.10. The Hall–Kier alpha value is -1.11. The number of alkyl halides is 3. The average molecular weight is 289 g/mol. The first-order valence-corrected chi connectivity index (χ1v) is 7.15. The molecule has 4 nitrogen and oxygen atoms in total. The predicted octanol–water partition coefficient (Wildman–Crippen LogP) is 3.16. The van der Waals surface area contributed by atoms with E-state index in [0.29, 0.717) is 37.1 Å². The Balaban J connectivity index is 1.59. The Morgan fingerprint density at radius 3 is 2.70 bits per heavy atom. The zero-order valence-corrected chi connectivity index (χ0v) is 11.1. The Morgan fingerprint density at radius 1 is 1.20 bits per heavy atom. The van der Waals surface area contributed by atoms with Crippen LogP contribution in [0.2, 0.25) is 0 Å². The minimum Gasteiger partial charge on any atom is -0.339 e. The topological polar surface area (TPSA) is 51.0 Å². The maximum Gasteiger partial charge on any atom is 0.391 e. The van der Waals surface area contributed by atoms with Gasteiger partial charge < -0.3 is 9.84 Å². The first-order chi connectivity index (χ1) is 9.52. The Labute approximate surface area is 115 Å². The van der Waals surface area contributed by atoms with Crippen LogP contribution in [-0.4, -0.2) is 22.4 Å². The Bertz CT molecular complexity index is 456. The monoisotopic (exact) mass is 289 g/mol. The van der Waals surface area contributed by atoms with Gasteiger partial charge in [0, 0.05) is 12.0 Å². The van der Waals surface area contributed by atoms with Crippen molar-refractivity contribution >= 4 is 0 Å². The lowest BCUT2D eigenvalue weighted by Gasteiger charge is -2.28. The molecule has 7 heteroatoms. The van der Waals surface area contributed by atoms with Crippen LogP contribution in [0.3, 0.4) is 0 Å². The molecule has 20 heavy (non-hydrogen) atoms. The van der Waals surface area contributed by atoms with Crippen LogP contribution in [0, 0.1) is 5.92 Å². The molecule has 0 spiro atoms. The highest BCUT2D eigenvalue weighted by Crippen LogP contribution is 2.43. The van der Waals surface area contributed by atoms with E-state index in [2.05, 4.69) is 15.5 Å². The molecule has 1 aromatic rings. The van der Waals surface area contributed by atoms with E-state index in [1.807, 2.05) is 0 Å². The lowest BCUT2D eigenvalue weighted by Crippen LogP contribution is -2.28. The SMILES string of the molecule is FC(F)(F)C1CCCC(c2nc(CNC3CC3)no2)C1. The molecule has 2 aliphatic rings. The molecule has 0 radical (unpaired) electrons. The van der Waals surface area contributed by atoms with Crippen LogP contribution in [0.25, 0.3) is 0 Å². The number of nitrogens with zero attached hydrogens (tertiary/aromatic N) is 2. The standard InChI is InChI=1S/C13H18F3N3O/c14-13(15,16)9-3-1-2-8(6-9)12-18-11(19-20-12)7-17-10-4-5-10/h8-10,17H,1-7H2. The van der Waals surface area contributed by atoms with Gasteiger partial charge in [-0.05, 0) is 32.1 Å². The van der Waals surface area contributed by atoms with Gasteiger partial charge in [-0.3, -0.25) is 0 Å². The number of rotatable bonds is 4. The summed E-state index contributed by atoms with van der Waals surface area (Å²) in [6.07, 6.45) is -0.237. The van der Waals surface area contributed by atoms with E-state index in [1.165, 1.54) is 12.8 Å². The normalized spacial score (nSPS) is 27.8. The summed E-state index contributed by atoms with van der Waals surface area (Å²) in [5.41, 5.74) is 0. The quantitative estimate of drug-likeness (QED) is 0.925. The lowest BCUT2D eigenvalue weighted by molar-refractivity contribution is -0.183. The molecule has 0 saturated heterocycles. The lowest BCUT2D eigenvalue weighted by atomic mass is 9.81. The summed E-state index contributed by atoms with van der Waals surface area (Å²) in [4.78, 5) is 4.24. The van der Waals surface area contributed by atoms with Gasteiger partial charge in [0.1, 0.15) is 0 Å². The molecule has 1 aromatic heterocycles. The minimum atomic E-state index is -4.12. The van der Waals surface area contributed by atoms with E-state index in [9.17, 15) is 13.2 Å². The predicted molar refractivity (Wildman–Crippen MR) is 64.9 cm³/mol. The zero-order chi connectivity index (χ0) is 14.2. The summed E-state index contributed by atoms with van der Waals surface area (Å²) in [6.45, 7) is 0.531. The van der Waals surface area contributed by atoms with Crippen LogP contribution in [0.15, 0.2) is 4.52 Å². The number of hydrogen-bond acceptors (Lipinski definition) is 4. The maximum absolute atomic E-state index is 12.8. The number of aromatic nitrogens is 2. The summed E-state index contributed by atoms with van der Waals surface area (Å²) < 4.78 is 43.5. The van der Waals surface area contributed by atoms with Gasteiger partial charge in [0.25, 0.3) is 0 Å². The van der Waals surface area contributed by atoms with Crippen LogP contribution in [0.5, 0.6) is 0 Å². The Kier molecular flexibility index (Phi) is 3.70. The molecule has 3 rings (SSSR count). The van der Waals surface area contributed by atoms with Gasteiger partial charge in [0.15, 0.2) is 5.82 Å². The second-order valence-corrected chi connectivity index (χ2v) is 5.81. The second-order valence-electron chi connectivity index (χ2n) is 5.81. The smallest absolute Gasteiger partial charge is 0.339 e. The summed E-state index contributed by atoms with van der Waals surface area (Å²) >= 11 is 0. The van der Waals surface area contributed by atoms with Crippen molar-refractivity contribution in [2.75, 3.05) is 0 Å². The summed E-state index contributed by atoms with van der Waals surface area (Å²) in [6, 6.07) is 0.543. The molecule has 1 N–H and O–H groups in total. The third kappa shape index (κ3) is 3.31. The summed E-state index contributed by atoms with van der Waals surface area (Å²) in [5, 5.41) is 7.11. The van der Waals surface area contributed by atoms with Crippen LogP contribution in [0.4, 0.5) is 13.2 Å². The van der Waals surface area contributed by atoms with Crippen molar-refractivity contribution in [1.29, 1.82) is 0 Å². The fourth-order valence-electron chi connectivity index (χ4n) is 2.74. The van der Waals surface area contributed by atoms with Gasteiger partial charge in [-0.1, -0.05) is 11.6 Å². The van der Waals surface area contributed by atoms with E-state index >= 15 is 0 Å². The first-order valence-electron chi connectivity index (χ1n) is 7.15. The molecule has 0 aliphatic heterocycles. The van der Waals surface area contributed by atoms with E-state index in [0.717, 1.165) is 0 Å². The van der Waals surface area contributed by atoms with Crippen molar-refractivity contribution in [3.8, 4) is 0 Å². The highest BCUT2D eigenvalue weighted by atomic mass is 19.4. The molecule has 0 amide bonds. The third-order valence-electron chi connectivity index (χ3n) is 4.10. The van der Waals surface area contributed by atoms with Crippen LogP contribution in [0.1, 0.15) is 56.2 Å². The molecule has 0 bridgehead atoms.